The predicted octanol–water partition coefficient (Wildman–Crippen LogP) is 3.89. The third kappa shape index (κ3) is 4.96. The second kappa shape index (κ2) is 7.98. The molecule has 0 aliphatic carbocycles. The molecule has 0 heterocycles. The van der Waals surface area contributed by atoms with Gasteiger partial charge in [-0.1, -0.05) is 44.0 Å². The summed E-state index contributed by atoms with van der Waals surface area (Å²) in [6, 6.07) is 7.51. The fourth-order valence-corrected chi connectivity index (χ4v) is 1.83. The van der Waals surface area contributed by atoms with Crippen LogP contribution in [0.5, 0.6) is 0 Å². The number of unbranched alkanes of at least 4 members (excludes halogenated alkanes) is 1. The van der Waals surface area contributed by atoms with Crippen molar-refractivity contribution in [3.05, 3.63) is 34.9 Å². The van der Waals surface area contributed by atoms with Gasteiger partial charge >= 0.3 is 6.03 Å². The quantitative estimate of drug-likeness (QED) is 0.755. The molecule has 0 saturated heterocycles. The van der Waals surface area contributed by atoms with Crippen LogP contribution in [0.15, 0.2) is 24.3 Å². The number of urea groups is 1. The van der Waals surface area contributed by atoms with Gasteiger partial charge in [-0.2, -0.15) is 0 Å². The van der Waals surface area contributed by atoms with E-state index in [1.54, 1.807) is 0 Å². The van der Waals surface area contributed by atoms with Gasteiger partial charge < -0.3 is 10.6 Å². The summed E-state index contributed by atoms with van der Waals surface area (Å²) in [4.78, 5) is 11.7. The zero-order valence-corrected chi connectivity index (χ0v) is 11.8. The van der Waals surface area contributed by atoms with E-state index >= 15 is 0 Å². The van der Waals surface area contributed by atoms with Gasteiger partial charge in [-0.15, -0.1) is 0 Å². The van der Waals surface area contributed by atoms with Crippen LogP contribution in [0, 0.1) is 0 Å². The summed E-state index contributed by atoms with van der Waals surface area (Å²) in [5.41, 5.74) is 1.08. The first-order chi connectivity index (χ1) is 8.67. The van der Waals surface area contributed by atoms with E-state index < -0.39 is 0 Å². The Balaban J connectivity index is 2.51. The molecule has 3 nitrogen and oxygen atoms in total. The van der Waals surface area contributed by atoms with Gasteiger partial charge in [0.2, 0.25) is 0 Å². The highest BCUT2D eigenvalue weighted by Crippen LogP contribution is 2.18. The molecule has 0 spiro atoms. The molecule has 2 amide bonds. The van der Waals surface area contributed by atoms with Crippen molar-refractivity contribution in [1.29, 1.82) is 0 Å². The van der Waals surface area contributed by atoms with E-state index in [1.165, 1.54) is 0 Å². The van der Waals surface area contributed by atoms with Crippen molar-refractivity contribution >= 4 is 17.6 Å². The van der Waals surface area contributed by atoms with E-state index in [1.807, 2.05) is 31.2 Å². The number of halogens is 1. The van der Waals surface area contributed by atoms with Gasteiger partial charge in [0.05, 0.1) is 6.04 Å². The number of amides is 2. The number of hydrogen-bond acceptors (Lipinski definition) is 1. The maximum absolute atomic E-state index is 11.7. The van der Waals surface area contributed by atoms with Crippen LogP contribution in [-0.4, -0.2) is 12.6 Å². The molecule has 4 heteroatoms. The first-order valence-corrected chi connectivity index (χ1v) is 6.85. The molecule has 0 aliphatic rings. The molecule has 0 fully saturated rings. The Kier molecular flexibility index (Phi) is 6.58. The number of benzene rings is 1. The van der Waals surface area contributed by atoms with Gasteiger partial charge in [0.15, 0.2) is 0 Å². The molecule has 0 aromatic heterocycles. The lowest BCUT2D eigenvalue weighted by Gasteiger charge is -2.18. The van der Waals surface area contributed by atoms with Gasteiger partial charge in [-0.05, 0) is 30.5 Å². The van der Waals surface area contributed by atoms with Crippen LogP contribution in [0.1, 0.15) is 44.7 Å². The molecule has 100 valence electrons. The fourth-order valence-electron chi connectivity index (χ4n) is 1.70. The Morgan fingerprint density at radius 1 is 1.28 bits per heavy atom. The van der Waals surface area contributed by atoms with Gasteiger partial charge in [-0.3, -0.25) is 0 Å². The summed E-state index contributed by atoms with van der Waals surface area (Å²) in [7, 11) is 0. The molecule has 1 rings (SSSR count). The topological polar surface area (TPSA) is 41.1 Å². The van der Waals surface area contributed by atoms with E-state index in [0.717, 1.165) is 31.4 Å². The third-order valence-corrected chi connectivity index (χ3v) is 3.05. The van der Waals surface area contributed by atoms with Crippen molar-refractivity contribution < 1.29 is 4.79 Å². The van der Waals surface area contributed by atoms with Crippen LogP contribution in [0.25, 0.3) is 0 Å². The molecular weight excluding hydrogens is 248 g/mol. The second-order valence-corrected chi connectivity index (χ2v) is 4.70. The molecule has 18 heavy (non-hydrogen) atoms. The molecule has 1 aromatic rings. The summed E-state index contributed by atoms with van der Waals surface area (Å²) in [5, 5.41) is 6.53. The molecular formula is C14H21ClN2O. The average molecular weight is 269 g/mol. The van der Waals surface area contributed by atoms with Crippen molar-refractivity contribution in [2.75, 3.05) is 6.54 Å². The number of nitrogens with one attached hydrogen (secondary N) is 2. The summed E-state index contributed by atoms with van der Waals surface area (Å²) in [6.07, 6.45) is 2.93. The van der Waals surface area contributed by atoms with Crippen LogP contribution in [-0.2, 0) is 0 Å². The highest BCUT2D eigenvalue weighted by molar-refractivity contribution is 6.30. The van der Waals surface area contributed by atoms with Crippen LogP contribution in [0.2, 0.25) is 5.02 Å². The molecule has 1 atom stereocenters. The minimum Gasteiger partial charge on any atom is -0.338 e. The minimum absolute atomic E-state index is 0.0314. The number of carbonyl (C=O) groups is 1. The zero-order chi connectivity index (χ0) is 13.4. The number of rotatable bonds is 6. The summed E-state index contributed by atoms with van der Waals surface area (Å²) in [6.45, 7) is 4.87. The van der Waals surface area contributed by atoms with Crippen molar-refractivity contribution in [1.82, 2.24) is 10.6 Å². The summed E-state index contributed by atoms with van der Waals surface area (Å²) >= 11 is 5.85. The lowest BCUT2D eigenvalue weighted by atomic mass is 10.1. The van der Waals surface area contributed by atoms with Gasteiger partial charge in [0.1, 0.15) is 0 Å². The van der Waals surface area contributed by atoms with E-state index in [0.29, 0.717) is 5.02 Å². The monoisotopic (exact) mass is 268 g/mol. The number of hydrogen-bond donors (Lipinski definition) is 2. The standard InChI is InChI=1S/C14H21ClN2O/c1-3-5-10-16-14(18)17-13(4-2)11-6-8-12(15)9-7-11/h6-9,13H,3-5,10H2,1-2H3,(H2,16,17,18)/t13-/m1/s1. The SMILES string of the molecule is CCCCNC(=O)N[C@H](CC)c1ccc(Cl)cc1. The van der Waals surface area contributed by atoms with Gasteiger partial charge in [-0.25, -0.2) is 4.79 Å². The molecule has 0 saturated carbocycles. The highest BCUT2D eigenvalue weighted by atomic mass is 35.5. The summed E-state index contributed by atoms with van der Waals surface area (Å²) in [5.74, 6) is 0. The lowest BCUT2D eigenvalue weighted by Crippen LogP contribution is -2.38. The molecule has 0 bridgehead atoms. The van der Waals surface area contributed by atoms with E-state index in [-0.39, 0.29) is 12.1 Å². The first-order valence-electron chi connectivity index (χ1n) is 6.47. The van der Waals surface area contributed by atoms with Gasteiger partial charge in [0.25, 0.3) is 0 Å². The molecule has 1 aromatic carbocycles. The van der Waals surface area contributed by atoms with E-state index in [9.17, 15) is 4.79 Å². The fraction of sp³-hybridized carbons (Fsp3) is 0.500. The van der Waals surface area contributed by atoms with E-state index in [4.69, 9.17) is 11.6 Å². The Morgan fingerprint density at radius 3 is 2.50 bits per heavy atom. The van der Waals surface area contributed by atoms with Gasteiger partial charge in [0, 0.05) is 11.6 Å². The van der Waals surface area contributed by atoms with Crippen molar-refractivity contribution in [2.24, 2.45) is 0 Å². The highest BCUT2D eigenvalue weighted by Gasteiger charge is 2.11. The molecule has 0 radical (unpaired) electrons. The largest absolute Gasteiger partial charge is 0.338 e. The van der Waals surface area contributed by atoms with E-state index in [2.05, 4.69) is 17.6 Å². The van der Waals surface area contributed by atoms with Crippen LogP contribution in [0.3, 0.4) is 0 Å². The summed E-state index contributed by atoms with van der Waals surface area (Å²) < 4.78 is 0. The Morgan fingerprint density at radius 2 is 1.94 bits per heavy atom. The average Bonchev–Trinajstić information content (AvgIpc) is 2.37. The second-order valence-electron chi connectivity index (χ2n) is 4.27. The molecule has 0 unspecified atom stereocenters. The first kappa shape index (κ1) is 14.8. The van der Waals surface area contributed by atoms with Crippen molar-refractivity contribution in [3.63, 3.8) is 0 Å². The zero-order valence-electron chi connectivity index (χ0n) is 11.0. The predicted molar refractivity (Wildman–Crippen MR) is 75.9 cm³/mol. The van der Waals surface area contributed by atoms with Crippen LogP contribution >= 0.6 is 11.6 Å². The maximum Gasteiger partial charge on any atom is 0.315 e. The lowest BCUT2D eigenvalue weighted by molar-refractivity contribution is 0.236. The number of carbonyl (C=O) groups excluding carboxylic acids is 1. The van der Waals surface area contributed by atoms with Crippen molar-refractivity contribution in [3.8, 4) is 0 Å². The Hall–Kier alpha value is -1.22. The maximum atomic E-state index is 11.7. The smallest absolute Gasteiger partial charge is 0.315 e. The Labute approximate surface area is 114 Å². The molecule has 2 N–H and O–H groups in total. The van der Waals surface area contributed by atoms with Crippen LogP contribution < -0.4 is 10.6 Å². The third-order valence-electron chi connectivity index (χ3n) is 2.80. The normalized spacial score (nSPS) is 11.9. The van der Waals surface area contributed by atoms with Crippen LogP contribution in [0.4, 0.5) is 4.79 Å². The van der Waals surface area contributed by atoms with Crippen molar-refractivity contribution in [2.45, 2.75) is 39.2 Å². The minimum atomic E-state index is -0.106. The Bertz CT molecular complexity index is 365. The molecule has 0 aliphatic heterocycles.